The Labute approximate surface area is 180 Å². The van der Waals surface area contributed by atoms with Crippen LogP contribution in [0.2, 0.25) is 0 Å². The highest BCUT2D eigenvalue weighted by Crippen LogP contribution is 1.99. The van der Waals surface area contributed by atoms with Gasteiger partial charge in [0.2, 0.25) is 0 Å². The third-order valence-electron chi connectivity index (χ3n) is 3.86. The molecule has 0 aromatic heterocycles. The second-order valence-electron chi connectivity index (χ2n) is 6.80. The smallest absolute Gasteiger partial charge is 0.407 e. The minimum atomic E-state index is -0.570. The lowest BCUT2D eigenvalue weighted by molar-refractivity contribution is -0.123. The maximum Gasteiger partial charge on any atom is 0.407 e. The van der Waals surface area contributed by atoms with Crippen LogP contribution in [0.4, 0.5) is 4.79 Å². The zero-order chi connectivity index (χ0) is 21.0. The van der Waals surface area contributed by atoms with E-state index in [2.05, 4.69) is 20.9 Å². The first-order valence-electron chi connectivity index (χ1n) is 10.1. The number of ether oxygens (including phenoxy) is 1. The zero-order valence-electron chi connectivity index (χ0n) is 17.6. The molecule has 0 heterocycles. The van der Waals surface area contributed by atoms with Gasteiger partial charge in [0.1, 0.15) is 0 Å². The van der Waals surface area contributed by atoms with Gasteiger partial charge >= 0.3 is 6.09 Å². The van der Waals surface area contributed by atoms with E-state index in [1.807, 2.05) is 6.92 Å². The van der Waals surface area contributed by atoms with Crippen LogP contribution in [-0.2, 0) is 9.53 Å². The molecule has 0 bridgehead atoms. The van der Waals surface area contributed by atoms with E-state index in [-0.39, 0.29) is 36.9 Å². The molecule has 0 fully saturated rings. The van der Waals surface area contributed by atoms with Crippen LogP contribution in [0.25, 0.3) is 0 Å². The number of rotatable bonds is 17. The number of nitrogens with two attached hydrogens (primary N) is 3. The van der Waals surface area contributed by atoms with E-state index in [1.54, 1.807) is 0 Å². The largest absolute Gasteiger partial charge is 0.439 e. The molecule has 0 radical (unpaired) electrons. The monoisotopic (exact) mass is 437 g/mol. The second-order valence-corrected chi connectivity index (χ2v) is 6.80. The molecule has 0 aliphatic heterocycles. The quantitative estimate of drug-likeness (QED) is 0.107. The Morgan fingerprint density at radius 3 is 2.24 bits per heavy atom. The third-order valence-corrected chi connectivity index (χ3v) is 3.86. The fraction of sp³-hybridized carbons (Fsp3) is 0.833. The van der Waals surface area contributed by atoms with Crippen LogP contribution in [0.3, 0.4) is 0 Å². The van der Waals surface area contributed by atoms with Crippen molar-refractivity contribution >= 4 is 30.4 Å². The predicted molar refractivity (Wildman–Crippen MR) is 119 cm³/mol. The summed E-state index contributed by atoms with van der Waals surface area (Å²) in [5, 5.41) is 8.65. The molecule has 10 nitrogen and oxygen atoms in total. The Bertz CT molecular complexity index is 447. The highest BCUT2D eigenvalue weighted by Gasteiger charge is 2.06. The Morgan fingerprint density at radius 1 is 0.931 bits per heavy atom. The summed E-state index contributed by atoms with van der Waals surface area (Å²) in [6, 6.07) is 0.211. The predicted octanol–water partition coefficient (Wildman–Crippen LogP) is 0.192. The first-order chi connectivity index (χ1) is 13.4. The van der Waals surface area contributed by atoms with E-state index in [4.69, 9.17) is 21.9 Å². The first kappa shape index (κ1) is 29.4. The molecule has 0 aromatic carbocycles. The molecule has 172 valence electrons. The lowest BCUT2D eigenvalue weighted by Crippen LogP contribution is -2.33. The molecule has 29 heavy (non-hydrogen) atoms. The Morgan fingerprint density at radius 2 is 1.55 bits per heavy atom. The average molecular weight is 438 g/mol. The number of alkyl carbamates (subject to hydrolysis) is 1. The van der Waals surface area contributed by atoms with Crippen LogP contribution in [0.15, 0.2) is 4.99 Å². The summed E-state index contributed by atoms with van der Waals surface area (Å²) in [6.07, 6.45) is 5.91. The highest BCUT2D eigenvalue weighted by atomic mass is 35.5. The van der Waals surface area contributed by atoms with E-state index >= 15 is 0 Å². The van der Waals surface area contributed by atoms with Crippen molar-refractivity contribution < 1.29 is 14.3 Å². The van der Waals surface area contributed by atoms with Crippen molar-refractivity contribution in [1.29, 1.82) is 0 Å². The molecule has 0 aliphatic rings. The molecular weight excluding hydrogens is 398 g/mol. The van der Waals surface area contributed by atoms with Gasteiger partial charge in [-0.2, -0.15) is 0 Å². The maximum atomic E-state index is 11.6. The molecule has 11 heteroatoms. The number of hydrogen-bond acceptors (Lipinski definition) is 6. The molecular formula is C18H40ClN7O3. The topological polar surface area (TPSA) is 170 Å². The van der Waals surface area contributed by atoms with Gasteiger partial charge < -0.3 is 37.9 Å². The van der Waals surface area contributed by atoms with Crippen LogP contribution < -0.4 is 33.2 Å². The van der Waals surface area contributed by atoms with Crippen LogP contribution in [-0.4, -0.2) is 63.3 Å². The number of guanidine groups is 1. The van der Waals surface area contributed by atoms with Crippen LogP contribution >= 0.6 is 12.4 Å². The lowest BCUT2D eigenvalue weighted by atomic mass is 10.2. The number of carbonyl (C=O) groups is 2. The number of unbranched alkanes of at least 4 members (excludes halogenated alkanes) is 4. The summed E-state index contributed by atoms with van der Waals surface area (Å²) >= 11 is 0. The summed E-state index contributed by atoms with van der Waals surface area (Å²) in [6.45, 7) is 5.21. The normalized spacial score (nSPS) is 11.1. The number of amides is 2. The molecule has 0 aliphatic carbocycles. The molecule has 0 saturated carbocycles. The number of aliphatic imine (C=N–C) groups is 1. The summed E-state index contributed by atoms with van der Waals surface area (Å²) in [5.41, 5.74) is 16.1. The Kier molecular flexibility index (Phi) is 21.2. The molecule has 0 aromatic rings. The van der Waals surface area contributed by atoms with Gasteiger partial charge in [0.15, 0.2) is 12.6 Å². The van der Waals surface area contributed by atoms with Crippen LogP contribution in [0.5, 0.6) is 0 Å². The van der Waals surface area contributed by atoms with Gasteiger partial charge in [0.25, 0.3) is 5.91 Å². The van der Waals surface area contributed by atoms with Gasteiger partial charge in [-0.05, 0) is 52.1 Å². The van der Waals surface area contributed by atoms with Gasteiger partial charge in [0.05, 0.1) is 0 Å². The van der Waals surface area contributed by atoms with E-state index in [0.717, 1.165) is 58.0 Å². The standard InChI is InChI=1S/C18H39N7O3.ClH/c1-15(19)8-13-22-9-6-7-12-25-18(27)28-14-16(26)23-10-4-2-3-5-11-24-17(20)21;/h15,22H,2-14,19H2,1H3,(H,23,26)(H,25,27)(H4,20,21,24);1H/t15-;/m1./s1. The van der Waals surface area contributed by atoms with Crippen molar-refractivity contribution in [2.24, 2.45) is 22.2 Å². The molecule has 1 atom stereocenters. The minimum absolute atomic E-state index is 0. The number of nitrogens with zero attached hydrogens (tertiary/aromatic N) is 1. The minimum Gasteiger partial charge on any atom is -0.439 e. The first-order valence-corrected chi connectivity index (χ1v) is 10.1. The van der Waals surface area contributed by atoms with E-state index in [9.17, 15) is 9.59 Å². The highest BCUT2D eigenvalue weighted by molar-refractivity contribution is 5.85. The van der Waals surface area contributed by atoms with Crippen molar-refractivity contribution in [3.63, 3.8) is 0 Å². The fourth-order valence-corrected chi connectivity index (χ4v) is 2.28. The van der Waals surface area contributed by atoms with Gasteiger partial charge in [-0.15, -0.1) is 12.4 Å². The molecule has 0 rings (SSSR count). The summed E-state index contributed by atoms with van der Waals surface area (Å²) in [7, 11) is 0. The van der Waals surface area contributed by atoms with Gasteiger partial charge in [-0.25, -0.2) is 4.79 Å². The summed E-state index contributed by atoms with van der Waals surface area (Å²) in [5.74, 6) is -0.185. The van der Waals surface area contributed by atoms with Crippen molar-refractivity contribution in [2.45, 2.75) is 57.9 Å². The lowest BCUT2D eigenvalue weighted by Gasteiger charge is -2.09. The van der Waals surface area contributed by atoms with Gasteiger partial charge in [0, 0.05) is 25.7 Å². The molecule has 0 saturated heterocycles. The van der Waals surface area contributed by atoms with Crippen molar-refractivity contribution in [1.82, 2.24) is 16.0 Å². The van der Waals surface area contributed by atoms with E-state index in [1.165, 1.54) is 0 Å². The third kappa shape index (κ3) is 24.2. The van der Waals surface area contributed by atoms with Crippen LogP contribution in [0, 0.1) is 0 Å². The van der Waals surface area contributed by atoms with Crippen molar-refractivity contribution in [2.75, 3.05) is 39.3 Å². The van der Waals surface area contributed by atoms with Crippen molar-refractivity contribution in [3.8, 4) is 0 Å². The fourth-order valence-electron chi connectivity index (χ4n) is 2.28. The molecule has 0 unspecified atom stereocenters. The number of halogens is 1. The van der Waals surface area contributed by atoms with Crippen LogP contribution in [0.1, 0.15) is 51.9 Å². The number of hydrogen-bond donors (Lipinski definition) is 6. The maximum absolute atomic E-state index is 11.6. The zero-order valence-corrected chi connectivity index (χ0v) is 18.4. The van der Waals surface area contributed by atoms with Gasteiger partial charge in [-0.3, -0.25) is 9.79 Å². The SMILES string of the molecule is C[C@@H](N)CCNCCCCNC(=O)OCC(=O)NCCCCCCN=C(N)N.Cl. The number of nitrogens with one attached hydrogen (secondary N) is 3. The summed E-state index contributed by atoms with van der Waals surface area (Å²) in [4.78, 5) is 27.0. The Balaban J connectivity index is 0. The second kappa shape index (κ2) is 20.9. The van der Waals surface area contributed by atoms with Crippen molar-refractivity contribution in [3.05, 3.63) is 0 Å². The summed E-state index contributed by atoms with van der Waals surface area (Å²) < 4.78 is 4.88. The molecule has 0 spiro atoms. The Hall–Kier alpha value is -1.78. The molecule has 2 amide bonds. The van der Waals surface area contributed by atoms with Gasteiger partial charge in [-0.1, -0.05) is 12.8 Å². The van der Waals surface area contributed by atoms with E-state index in [0.29, 0.717) is 19.6 Å². The average Bonchev–Trinajstić information content (AvgIpc) is 2.63. The van der Waals surface area contributed by atoms with E-state index < -0.39 is 6.09 Å². The number of carbonyl (C=O) groups excluding carboxylic acids is 2. The molecule has 9 N–H and O–H groups in total.